The number of rotatable bonds is 4. The van der Waals surface area contributed by atoms with Crippen LogP contribution in [0.2, 0.25) is 5.02 Å². The number of anilines is 1. The third kappa shape index (κ3) is 4.33. The molecule has 34 heavy (non-hydrogen) atoms. The van der Waals surface area contributed by atoms with E-state index in [1.807, 2.05) is 12.1 Å². The standard InChI is InChI=1S/C23H23BrClN3O5S/c24-22-16-15-20(23(29)27-11-13-32-14-12-27)33-19(16)6-5-18(22)26-7-9-28(10-8-26)34(30,31)21-4-2-1-3-17(21)25/h1-6,15H,7-14H2. The van der Waals surface area contributed by atoms with E-state index in [9.17, 15) is 13.2 Å². The maximum absolute atomic E-state index is 13.0. The number of furan rings is 1. The molecule has 11 heteroatoms. The highest BCUT2D eigenvalue weighted by Gasteiger charge is 2.31. The van der Waals surface area contributed by atoms with Gasteiger partial charge in [0.1, 0.15) is 10.5 Å². The van der Waals surface area contributed by atoms with E-state index in [1.54, 1.807) is 29.2 Å². The molecule has 8 nitrogen and oxygen atoms in total. The zero-order valence-electron chi connectivity index (χ0n) is 18.2. The number of hydrogen-bond acceptors (Lipinski definition) is 6. The van der Waals surface area contributed by atoms with Crippen LogP contribution in [-0.2, 0) is 14.8 Å². The van der Waals surface area contributed by atoms with E-state index in [-0.39, 0.29) is 15.8 Å². The highest BCUT2D eigenvalue weighted by molar-refractivity contribution is 9.10. The van der Waals surface area contributed by atoms with Crippen LogP contribution in [0.1, 0.15) is 10.6 Å². The Morgan fingerprint density at radius 1 is 0.971 bits per heavy atom. The van der Waals surface area contributed by atoms with Crippen molar-refractivity contribution in [1.29, 1.82) is 0 Å². The summed E-state index contributed by atoms with van der Waals surface area (Å²) >= 11 is 9.82. The quantitative estimate of drug-likeness (QED) is 0.476. The van der Waals surface area contributed by atoms with Gasteiger partial charge < -0.3 is 19.0 Å². The van der Waals surface area contributed by atoms with E-state index in [0.29, 0.717) is 63.8 Å². The lowest BCUT2D eigenvalue weighted by atomic mass is 10.2. The van der Waals surface area contributed by atoms with Crippen LogP contribution in [0.15, 0.2) is 56.2 Å². The molecule has 180 valence electrons. The molecule has 2 saturated heterocycles. The van der Waals surface area contributed by atoms with Crippen molar-refractivity contribution in [2.45, 2.75) is 4.90 Å². The van der Waals surface area contributed by atoms with Crippen molar-refractivity contribution in [2.75, 3.05) is 57.4 Å². The van der Waals surface area contributed by atoms with Crippen molar-refractivity contribution in [1.82, 2.24) is 9.21 Å². The first-order chi connectivity index (χ1) is 16.4. The summed E-state index contributed by atoms with van der Waals surface area (Å²) in [5.41, 5.74) is 1.54. The molecule has 2 aromatic carbocycles. The summed E-state index contributed by atoms with van der Waals surface area (Å²) in [5, 5.41) is 1.03. The van der Waals surface area contributed by atoms with Gasteiger partial charge in [0, 0.05) is 44.7 Å². The van der Waals surface area contributed by atoms with Crippen molar-refractivity contribution in [3.63, 3.8) is 0 Å². The first-order valence-corrected chi connectivity index (χ1v) is 13.6. The van der Waals surface area contributed by atoms with Gasteiger partial charge in [0.2, 0.25) is 10.0 Å². The Hall–Kier alpha value is -2.11. The number of benzene rings is 2. The van der Waals surface area contributed by atoms with Gasteiger partial charge in [-0.3, -0.25) is 4.79 Å². The fraction of sp³-hybridized carbons (Fsp3) is 0.348. The number of amides is 1. The van der Waals surface area contributed by atoms with E-state index >= 15 is 0 Å². The molecule has 1 amide bonds. The molecule has 0 atom stereocenters. The molecule has 1 aromatic heterocycles. The van der Waals surface area contributed by atoms with E-state index < -0.39 is 10.0 Å². The number of nitrogens with zero attached hydrogens (tertiary/aromatic N) is 3. The van der Waals surface area contributed by atoms with Crippen molar-refractivity contribution < 1.29 is 22.4 Å². The number of hydrogen-bond donors (Lipinski definition) is 0. The van der Waals surface area contributed by atoms with Crippen molar-refractivity contribution in [2.24, 2.45) is 0 Å². The topological polar surface area (TPSA) is 83.3 Å². The van der Waals surface area contributed by atoms with Gasteiger partial charge >= 0.3 is 0 Å². The molecule has 0 bridgehead atoms. The Kier molecular flexibility index (Phi) is 6.60. The summed E-state index contributed by atoms with van der Waals surface area (Å²) < 4.78 is 39.5. The minimum absolute atomic E-state index is 0.128. The van der Waals surface area contributed by atoms with Gasteiger partial charge in [0.15, 0.2) is 5.76 Å². The van der Waals surface area contributed by atoms with E-state index in [1.165, 1.54) is 10.4 Å². The van der Waals surface area contributed by atoms with Gasteiger partial charge in [0.25, 0.3) is 5.91 Å². The van der Waals surface area contributed by atoms with Crippen LogP contribution in [-0.4, -0.2) is 76.0 Å². The zero-order chi connectivity index (χ0) is 23.9. The number of fused-ring (bicyclic) bond motifs is 1. The molecule has 0 aliphatic carbocycles. The molecular formula is C23H23BrClN3O5S. The molecule has 2 aliphatic heterocycles. The van der Waals surface area contributed by atoms with Gasteiger partial charge in [-0.2, -0.15) is 4.31 Å². The van der Waals surface area contributed by atoms with Crippen LogP contribution >= 0.6 is 27.5 Å². The number of halogens is 2. The van der Waals surface area contributed by atoms with Crippen LogP contribution in [0.5, 0.6) is 0 Å². The van der Waals surface area contributed by atoms with Crippen LogP contribution in [0.3, 0.4) is 0 Å². The zero-order valence-corrected chi connectivity index (χ0v) is 21.4. The maximum Gasteiger partial charge on any atom is 0.289 e. The number of carbonyl (C=O) groups is 1. The van der Waals surface area contributed by atoms with Crippen LogP contribution < -0.4 is 4.90 Å². The Balaban J connectivity index is 1.34. The Morgan fingerprint density at radius 2 is 1.68 bits per heavy atom. The summed E-state index contributed by atoms with van der Waals surface area (Å²) in [6, 6.07) is 12.0. The van der Waals surface area contributed by atoms with Crippen molar-refractivity contribution in [3.05, 3.63) is 57.7 Å². The first kappa shape index (κ1) is 23.6. The fourth-order valence-corrected chi connectivity index (χ4v) is 6.91. The summed E-state index contributed by atoms with van der Waals surface area (Å²) in [6.07, 6.45) is 0. The molecule has 2 aliphatic rings. The van der Waals surface area contributed by atoms with Crippen molar-refractivity contribution in [3.8, 4) is 0 Å². The SMILES string of the molecule is O=C(c1cc2c(Br)c(N3CCN(S(=O)(=O)c4ccccc4Cl)CC3)ccc2o1)N1CCOCC1. The Morgan fingerprint density at radius 3 is 2.38 bits per heavy atom. The first-order valence-electron chi connectivity index (χ1n) is 10.9. The molecule has 0 unspecified atom stereocenters. The number of carbonyl (C=O) groups excluding carboxylic acids is 1. The predicted molar refractivity (Wildman–Crippen MR) is 133 cm³/mol. The number of ether oxygens (including phenoxy) is 1. The number of morpholine rings is 1. The maximum atomic E-state index is 13.0. The highest BCUT2D eigenvalue weighted by Crippen LogP contribution is 2.37. The molecule has 0 spiro atoms. The molecule has 0 N–H and O–H groups in total. The molecule has 3 aromatic rings. The van der Waals surface area contributed by atoms with Gasteiger partial charge in [-0.1, -0.05) is 23.7 Å². The second kappa shape index (κ2) is 9.50. The van der Waals surface area contributed by atoms with Gasteiger partial charge in [-0.25, -0.2) is 8.42 Å². The molecule has 3 heterocycles. The second-order valence-corrected chi connectivity index (χ2v) is 11.3. The van der Waals surface area contributed by atoms with Gasteiger partial charge in [-0.15, -0.1) is 0 Å². The van der Waals surface area contributed by atoms with E-state index in [0.717, 1.165) is 15.5 Å². The number of piperazine rings is 1. The van der Waals surface area contributed by atoms with Crippen LogP contribution in [0, 0.1) is 0 Å². The fourth-order valence-electron chi connectivity index (χ4n) is 4.30. The van der Waals surface area contributed by atoms with Gasteiger partial charge in [0.05, 0.1) is 28.4 Å². The predicted octanol–water partition coefficient (Wildman–Crippen LogP) is 3.83. The average molecular weight is 569 g/mol. The third-order valence-electron chi connectivity index (χ3n) is 6.16. The smallest absolute Gasteiger partial charge is 0.289 e. The summed E-state index contributed by atoms with van der Waals surface area (Å²) in [6.45, 7) is 3.86. The van der Waals surface area contributed by atoms with Crippen LogP contribution in [0.4, 0.5) is 5.69 Å². The lowest BCUT2D eigenvalue weighted by Gasteiger charge is -2.36. The van der Waals surface area contributed by atoms with E-state index in [4.69, 9.17) is 20.8 Å². The Bertz CT molecular complexity index is 1330. The summed E-state index contributed by atoms with van der Waals surface area (Å²) in [5.74, 6) is 0.150. The van der Waals surface area contributed by atoms with Crippen LogP contribution in [0.25, 0.3) is 11.0 Å². The summed E-state index contributed by atoms with van der Waals surface area (Å²) in [7, 11) is -3.66. The lowest BCUT2D eigenvalue weighted by molar-refractivity contribution is 0.0284. The molecule has 2 fully saturated rings. The monoisotopic (exact) mass is 567 g/mol. The number of sulfonamides is 1. The third-order valence-corrected chi connectivity index (χ3v) is 9.39. The summed E-state index contributed by atoms with van der Waals surface area (Å²) in [4.78, 5) is 16.8. The molecule has 5 rings (SSSR count). The van der Waals surface area contributed by atoms with Gasteiger partial charge in [-0.05, 0) is 46.3 Å². The molecule has 0 saturated carbocycles. The second-order valence-electron chi connectivity index (χ2n) is 8.15. The minimum atomic E-state index is -3.66. The molecule has 0 radical (unpaired) electrons. The van der Waals surface area contributed by atoms with E-state index in [2.05, 4.69) is 20.8 Å². The largest absolute Gasteiger partial charge is 0.451 e. The normalized spacial score (nSPS) is 17.9. The average Bonchev–Trinajstić information content (AvgIpc) is 3.30. The van der Waals surface area contributed by atoms with Crippen molar-refractivity contribution >= 4 is 60.1 Å². The molecular weight excluding hydrogens is 546 g/mol. The highest BCUT2D eigenvalue weighted by atomic mass is 79.9. The minimum Gasteiger partial charge on any atom is -0.451 e. The lowest BCUT2D eigenvalue weighted by Crippen LogP contribution is -2.48. The Labute approximate surface area is 211 Å².